The quantitative estimate of drug-likeness (QED) is 0.569. The van der Waals surface area contributed by atoms with Gasteiger partial charge in [-0.1, -0.05) is 48.1 Å². The number of ketones is 2. The Morgan fingerprint density at radius 3 is 1.82 bits per heavy atom. The first kappa shape index (κ1) is 12.8. The summed E-state index contributed by atoms with van der Waals surface area (Å²) in [4.78, 5) is 22.1. The maximum atomic E-state index is 11.1. The van der Waals surface area contributed by atoms with Crippen molar-refractivity contribution in [2.24, 2.45) is 10.8 Å². The minimum absolute atomic E-state index is 0.213. The fourth-order valence-electron chi connectivity index (χ4n) is 0.648. The van der Waals surface area contributed by atoms with Crippen molar-refractivity contribution in [3.63, 3.8) is 0 Å². The number of carbonyl (C=O) groups excluding carboxylic acids is 2. The van der Waals surface area contributed by atoms with Crippen LogP contribution < -0.4 is 0 Å². The van der Waals surface area contributed by atoms with Gasteiger partial charge >= 0.3 is 0 Å². The average Bonchev–Trinajstić information content (AvgIpc) is 2.25. The van der Waals surface area contributed by atoms with Gasteiger partial charge in [-0.15, -0.1) is 11.6 Å². The van der Waals surface area contributed by atoms with E-state index in [2.05, 4.69) is 0 Å². The van der Waals surface area contributed by atoms with Crippen molar-refractivity contribution in [2.45, 2.75) is 48.0 Å². The highest BCUT2D eigenvalue weighted by Crippen LogP contribution is 2.16. The zero-order valence-electron chi connectivity index (χ0n) is 14.6. The van der Waals surface area contributed by atoms with Crippen LogP contribution in [0.2, 0.25) is 0 Å². The molecule has 0 aliphatic carbocycles. The van der Waals surface area contributed by atoms with Crippen LogP contribution in [0.5, 0.6) is 0 Å². The molecule has 17 heavy (non-hydrogen) atoms. The van der Waals surface area contributed by atoms with Crippen LogP contribution in [0, 0.1) is 10.8 Å². The third-order valence-electron chi connectivity index (χ3n) is 1.95. The number of hydrogen-bond acceptors (Lipinski definition) is 2. The number of allylic oxidation sites excluding steroid dienone is 1. The predicted molar refractivity (Wildman–Crippen MR) is 74.5 cm³/mol. The number of carbonyl (C=O) groups is 2. The lowest BCUT2D eigenvalue weighted by molar-refractivity contribution is -0.125. The van der Waals surface area contributed by atoms with Crippen LogP contribution in [-0.2, 0) is 9.59 Å². The maximum absolute atomic E-state index is 11.1. The summed E-state index contributed by atoms with van der Waals surface area (Å²) in [5, 5.41) is 0. The van der Waals surface area contributed by atoms with E-state index in [0.717, 1.165) is 0 Å². The Balaban J connectivity index is 0. The van der Waals surface area contributed by atoms with Crippen LogP contribution in [-0.4, -0.2) is 17.4 Å². The molecule has 3 heteroatoms. The summed E-state index contributed by atoms with van der Waals surface area (Å²) in [6.45, 7) is 9.97. The summed E-state index contributed by atoms with van der Waals surface area (Å²) in [5.41, 5.74) is -0.876. The van der Waals surface area contributed by atoms with E-state index in [1.54, 1.807) is 20.8 Å². The Morgan fingerprint density at radius 1 is 1.24 bits per heavy atom. The van der Waals surface area contributed by atoms with Gasteiger partial charge in [-0.3, -0.25) is 9.59 Å². The van der Waals surface area contributed by atoms with Gasteiger partial charge < -0.3 is 0 Å². The summed E-state index contributed by atoms with van der Waals surface area (Å²) in [5.74, 6) is 0.214. The van der Waals surface area contributed by atoms with Gasteiger partial charge in [0, 0.05) is 23.1 Å². The first-order valence-corrected chi connectivity index (χ1v) is 6.06. The zero-order valence-corrected chi connectivity index (χ0v) is 12.4. The highest BCUT2D eigenvalue weighted by atomic mass is 35.5. The molecule has 0 saturated carbocycles. The Kier molecular flexibility index (Phi) is 5.77. The molecule has 0 spiro atoms. The van der Waals surface area contributed by atoms with Crippen LogP contribution in [0.4, 0.5) is 0 Å². The molecule has 100 valence electrons. The first-order valence-electron chi connectivity index (χ1n) is 7.03. The van der Waals surface area contributed by atoms with Gasteiger partial charge in [0.25, 0.3) is 0 Å². The van der Waals surface area contributed by atoms with Gasteiger partial charge in [-0.2, -0.15) is 0 Å². The van der Waals surface area contributed by atoms with E-state index in [-0.39, 0.29) is 11.2 Å². The van der Waals surface area contributed by atoms with Gasteiger partial charge in [0.15, 0.2) is 5.78 Å². The molecule has 0 fully saturated rings. The van der Waals surface area contributed by atoms with E-state index in [9.17, 15) is 9.59 Å². The number of alkyl halides is 1. The highest BCUT2D eigenvalue weighted by Gasteiger charge is 2.19. The molecule has 0 aliphatic heterocycles. The SMILES string of the molecule is CC(C)(C)C(=O)CCCl.[2H]C([2H])=C([2H])C(=O)C(C)(C)C. The van der Waals surface area contributed by atoms with Crippen molar-refractivity contribution in [3.05, 3.63) is 12.6 Å². The summed E-state index contributed by atoms with van der Waals surface area (Å²) in [6, 6.07) is -0.516. The van der Waals surface area contributed by atoms with Gasteiger partial charge in [0.1, 0.15) is 5.78 Å². The highest BCUT2D eigenvalue weighted by molar-refractivity contribution is 6.19. The number of Topliss-reactive ketones (excluding diaryl/α,β-unsaturated/α-hetero) is 1. The molecule has 0 aromatic carbocycles. The third-order valence-corrected chi connectivity index (χ3v) is 2.14. The molecule has 0 bridgehead atoms. The Hall–Kier alpha value is -0.630. The lowest BCUT2D eigenvalue weighted by Crippen LogP contribution is -2.19. The van der Waals surface area contributed by atoms with Crippen LogP contribution >= 0.6 is 11.6 Å². The van der Waals surface area contributed by atoms with Gasteiger partial charge in [-0.05, 0) is 6.05 Å². The zero-order chi connectivity index (χ0) is 16.7. The van der Waals surface area contributed by atoms with Crippen molar-refractivity contribution >= 4 is 23.2 Å². The van der Waals surface area contributed by atoms with E-state index < -0.39 is 23.8 Å². The summed E-state index contributed by atoms with van der Waals surface area (Å²) in [7, 11) is 0. The summed E-state index contributed by atoms with van der Waals surface area (Å²) >= 11 is 5.38. The van der Waals surface area contributed by atoms with E-state index in [4.69, 9.17) is 15.7 Å². The summed E-state index contributed by atoms with van der Waals surface area (Å²) < 4.78 is 20.5. The van der Waals surface area contributed by atoms with Crippen molar-refractivity contribution in [1.82, 2.24) is 0 Å². The predicted octanol–water partition coefficient (Wildman–Crippen LogP) is 4.02. The number of rotatable bonds is 3. The molecular weight excluding hydrogens is 236 g/mol. The van der Waals surface area contributed by atoms with Crippen LogP contribution in [0.15, 0.2) is 12.6 Å². The summed E-state index contributed by atoms with van der Waals surface area (Å²) in [6.07, 6.45) is 0.491. The molecule has 0 radical (unpaired) electrons. The van der Waals surface area contributed by atoms with E-state index in [0.29, 0.717) is 12.3 Å². The second-order valence-corrected chi connectivity index (χ2v) is 6.19. The number of halogens is 1. The van der Waals surface area contributed by atoms with E-state index in [1.807, 2.05) is 20.8 Å². The van der Waals surface area contributed by atoms with Crippen LogP contribution in [0.1, 0.15) is 52.1 Å². The molecule has 0 aromatic rings. The van der Waals surface area contributed by atoms with Gasteiger partial charge in [-0.25, -0.2) is 0 Å². The molecule has 0 N–H and O–H groups in total. The van der Waals surface area contributed by atoms with Crippen molar-refractivity contribution < 1.29 is 13.7 Å². The van der Waals surface area contributed by atoms with Crippen molar-refractivity contribution in [3.8, 4) is 0 Å². The third kappa shape index (κ3) is 10.3. The lowest BCUT2D eigenvalue weighted by atomic mass is 9.89. The average molecular weight is 264 g/mol. The minimum Gasteiger partial charge on any atom is -0.299 e. The number of hydrogen-bond donors (Lipinski definition) is 0. The molecule has 0 aliphatic rings. The van der Waals surface area contributed by atoms with Gasteiger partial charge in [0.05, 0.1) is 4.11 Å². The molecule has 0 heterocycles. The van der Waals surface area contributed by atoms with Crippen LogP contribution in [0.3, 0.4) is 0 Å². The fraction of sp³-hybridized carbons (Fsp3) is 0.714. The minimum atomic E-state index is -0.718. The maximum Gasteiger partial charge on any atom is 0.160 e. The van der Waals surface area contributed by atoms with E-state index in [1.165, 1.54) is 0 Å². The second kappa shape index (κ2) is 7.65. The Morgan fingerprint density at radius 2 is 1.71 bits per heavy atom. The molecule has 0 unspecified atom stereocenters. The standard InChI is InChI=1S/C7H13ClO.C7H12O/c1-7(2,3)6(9)4-5-8;1-5-6(8)7(2,3)4/h4-5H2,1-3H3;5H,1H2,2-4H3/i;1D2,5D. The second-order valence-electron chi connectivity index (χ2n) is 5.82. The first-order chi connectivity index (χ1) is 8.75. The molecular formula is C14H25ClO2. The van der Waals surface area contributed by atoms with Crippen molar-refractivity contribution in [1.29, 1.82) is 0 Å². The molecule has 0 aromatic heterocycles. The molecule has 0 amide bonds. The lowest BCUT2D eigenvalue weighted by Gasteiger charge is -2.14. The Bertz CT molecular complexity index is 373. The largest absolute Gasteiger partial charge is 0.299 e. The topological polar surface area (TPSA) is 34.1 Å². The van der Waals surface area contributed by atoms with Gasteiger partial charge in [0.2, 0.25) is 0 Å². The van der Waals surface area contributed by atoms with Crippen molar-refractivity contribution in [2.75, 3.05) is 5.88 Å². The molecule has 2 nitrogen and oxygen atoms in total. The smallest absolute Gasteiger partial charge is 0.160 e. The van der Waals surface area contributed by atoms with E-state index >= 15 is 0 Å². The van der Waals surface area contributed by atoms with Crippen LogP contribution in [0.25, 0.3) is 0 Å². The normalized spacial score (nSPS) is 13.5. The molecule has 0 rings (SSSR count). The monoisotopic (exact) mass is 263 g/mol. The molecule has 0 saturated heterocycles. The molecule has 0 atom stereocenters. The fourth-order valence-corrected chi connectivity index (χ4v) is 0.820. The Labute approximate surface area is 115 Å².